The van der Waals surface area contributed by atoms with Crippen LogP contribution in [-0.2, 0) is 0 Å². The number of hydrogen-bond donors (Lipinski definition) is 0. The SMILES string of the molecule is Cc1noc(C2CCCN2C(=O)c2ccsc2)n1. The normalized spacial score (nSPS) is 19.4. The van der Waals surface area contributed by atoms with Gasteiger partial charge in [-0.1, -0.05) is 5.16 Å². The zero-order chi connectivity index (χ0) is 12.5. The molecule has 94 valence electrons. The van der Waals surface area contributed by atoms with Crippen LogP contribution in [0.3, 0.4) is 0 Å². The maximum absolute atomic E-state index is 12.3. The van der Waals surface area contributed by atoms with Crippen molar-refractivity contribution in [1.82, 2.24) is 15.0 Å². The summed E-state index contributed by atoms with van der Waals surface area (Å²) in [7, 11) is 0. The summed E-state index contributed by atoms with van der Waals surface area (Å²) >= 11 is 1.53. The highest BCUT2D eigenvalue weighted by Crippen LogP contribution is 2.32. The van der Waals surface area contributed by atoms with E-state index in [0.717, 1.165) is 24.9 Å². The minimum absolute atomic E-state index is 0.0506. The number of carbonyl (C=O) groups excluding carboxylic acids is 1. The van der Waals surface area contributed by atoms with Gasteiger partial charge in [-0.15, -0.1) is 0 Å². The van der Waals surface area contributed by atoms with Gasteiger partial charge in [-0.3, -0.25) is 4.79 Å². The smallest absolute Gasteiger partial charge is 0.255 e. The molecule has 1 atom stereocenters. The maximum atomic E-state index is 12.3. The molecule has 2 aromatic rings. The van der Waals surface area contributed by atoms with E-state index in [-0.39, 0.29) is 11.9 Å². The number of thiophene rings is 1. The average Bonchev–Trinajstić information content (AvgIpc) is 3.09. The second-order valence-corrected chi connectivity index (χ2v) is 5.13. The van der Waals surface area contributed by atoms with Crippen LogP contribution in [0, 0.1) is 6.92 Å². The predicted molar refractivity (Wildman–Crippen MR) is 66.4 cm³/mol. The first-order chi connectivity index (χ1) is 8.75. The lowest BCUT2D eigenvalue weighted by molar-refractivity contribution is 0.0710. The van der Waals surface area contributed by atoms with Crippen LogP contribution < -0.4 is 0 Å². The van der Waals surface area contributed by atoms with E-state index in [2.05, 4.69) is 10.1 Å². The summed E-state index contributed by atoms with van der Waals surface area (Å²) in [4.78, 5) is 18.4. The first kappa shape index (κ1) is 11.4. The minimum atomic E-state index is -0.0707. The van der Waals surface area contributed by atoms with Crippen molar-refractivity contribution in [3.05, 3.63) is 34.1 Å². The Morgan fingerprint density at radius 3 is 3.17 bits per heavy atom. The molecule has 1 saturated heterocycles. The molecule has 0 spiro atoms. The van der Waals surface area contributed by atoms with E-state index in [9.17, 15) is 4.79 Å². The van der Waals surface area contributed by atoms with Gasteiger partial charge in [0.1, 0.15) is 6.04 Å². The largest absolute Gasteiger partial charge is 0.337 e. The maximum Gasteiger partial charge on any atom is 0.255 e. The molecule has 0 saturated carbocycles. The molecule has 0 aromatic carbocycles. The fourth-order valence-electron chi connectivity index (χ4n) is 2.27. The van der Waals surface area contributed by atoms with Gasteiger partial charge in [0.2, 0.25) is 5.89 Å². The molecule has 1 unspecified atom stereocenters. The molecule has 0 N–H and O–H groups in total. The zero-order valence-electron chi connectivity index (χ0n) is 10.00. The number of hydrogen-bond acceptors (Lipinski definition) is 5. The van der Waals surface area contributed by atoms with Crippen LogP contribution in [-0.4, -0.2) is 27.5 Å². The Balaban J connectivity index is 1.85. The lowest BCUT2D eigenvalue weighted by atomic mass is 10.2. The molecule has 18 heavy (non-hydrogen) atoms. The fraction of sp³-hybridized carbons (Fsp3) is 0.417. The quantitative estimate of drug-likeness (QED) is 0.835. The first-order valence-electron chi connectivity index (χ1n) is 5.89. The predicted octanol–water partition coefficient (Wildman–Crippen LogP) is 2.42. The van der Waals surface area contributed by atoms with Gasteiger partial charge in [0.25, 0.3) is 5.91 Å². The van der Waals surface area contributed by atoms with Gasteiger partial charge in [0.05, 0.1) is 5.56 Å². The summed E-state index contributed by atoms with van der Waals surface area (Å²) in [5, 5.41) is 7.58. The molecule has 0 bridgehead atoms. The van der Waals surface area contributed by atoms with Gasteiger partial charge in [-0.2, -0.15) is 16.3 Å². The highest BCUT2D eigenvalue weighted by Gasteiger charge is 2.34. The van der Waals surface area contributed by atoms with Crippen LogP contribution in [0.25, 0.3) is 0 Å². The number of rotatable bonds is 2. The second-order valence-electron chi connectivity index (χ2n) is 4.35. The average molecular weight is 263 g/mol. The monoisotopic (exact) mass is 263 g/mol. The Labute approximate surface area is 108 Å². The summed E-state index contributed by atoms with van der Waals surface area (Å²) in [6.45, 7) is 2.54. The standard InChI is InChI=1S/C12H13N3O2S/c1-8-13-11(17-14-8)10-3-2-5-15(10)12(16)9-4-6-18-7-9/h4,6-7,10H,2-3,5H2,1H3. The van der Waals surface area contributed by atoms with E-state index < -0.39 is 0 Å². The Bertz CT molecular complexity index is 549. The molecule has 0 radical (unpaired) electrons. The fourth-order valence-corrected chi connectivity index (χ4v) is 2.90. The molecule has 1 aliphatic rings. The Hall–Kier alpha value is -1.69. The van der Waals surface area contributed by atoms with Crippen molar-refractivity contribution >= 4 is 17.2 Å². The van der Waals surface area contributed by atoms with Crippen molar-refractivity contribution in [3.8, 4) is 0 Å². The number of likely N-dealkylation sites (tertiary alicyclic amines) is 1. The van der Waals surface area contributed by atoms with Crippen LogP contribution in [0.4, 0.5) is 0 Å². The number of carbonyl (C=O) groups is 1. The number of aryl methyl sites for hydroxylation is 1. The third-order valence-corrected chi connectivity index (χ3v) is 3.79. The summed E-state index contributed by atoms with van der Waals surface area (Å²) in [5.41, 5.74) is 0.739. The van der Waals surface area contributed by atoms with E-state index in [0.29, 0.717) is 11.7 Å². The van der Waals surface area contributed by atoms with Gasteiger partial charge in [-0.25, -0.2) is 0 Å². The third-order valence-electron chi connectivity index (χ3n) is 3.11. The molecule has 5 nitrogen and oxygen atoms in total. The Morgan fingerprint density at radius 1 is 1.61 bits per heavy atom. The van der Waals surface area contributed by atoms with E-state index >= 15 is 0 Å². The van der Waals surface area contributed by atoms with Crippen molar-refractivity contribution in [1.29, 1.82) is 0 Å². The molecular formula is C12H13N3O2S. The third kappa shape index (κ3) is 1.92. The van der Waals surface area contributed by atoms with Crippen molar-refractivity contribution in [2.45, 2.75) is 25.8 Å². The summed E-state index contributed by atoms with van der Waals surface area (Å²) in [6.07, 6.45) is 1.86. The molecule has 1 fully saturated rings. The zero-order valence-corrected chi connectivity index (χ0v) is 10.8. The summed E-state index contributed by atoms with van der Waals surface area (Å²) < 4.78 is 5.19. The number of nitrogens with zero attached hydrogens (tertiary/aromatic N) is 3. The molecule has 3 rings (SSSR count). The van der Waals surface area contributed by atoms with E-state index in [1.165, 1.54) is 11.3 Å². The van der Waals surface area contributed by atoms with Crippen LogP contribution >= 0.6 is 11.3 Å². The Morgan fingerprint density at radius 2 is 2.50 bits per heavy atom. The van der Waals surface area contributed by atoms with E-state index in [1.807, 2.05) is 21.7 Å². The van der Waals surface area contributed by atoms with Crippen molar-refractivity contribution < 1.29 is 9.32 Å². The lowest BCUT2D eigenvalue weighted by Gasteiger charge is -2.21. The van der Waals surface area contributed by atoms with Crippen LogP contribution in [0.5, 0.6) is 0 Å². The number of amides is 1. The minimum Gasteiger partial charge on any atom is -0.337 e. The second kappa shape index (κ2) is 4.53. The van der Waals surface area contributed by atoms with Gasteiger partial charge in [-0.05, 0) is 31.2 Å². The molecular weight excluding hydrogens is 250 g/mol. The Kier molecular flexibility index (Phi) is 2.87. The van der Waals surface area contributed by atoms with Crippen LogP contribution in [0.15, 0.2) is 21.3 Å². The molecule has 1 aliphatic heterocycles. The lowest BCUT2D eigenvalue weighted by Crippen LogP contribution is -2.30. The van der Waals surface area contributed by atoms with Crippen LogP contribution in [0.1, 0.15) is 41.0 Å². The van der Waals surface area contributed by atoms with E-state index in [4.69, 9.17) is 4.52 Å². The first-order valence-corrected chi connectivity index (χ1v) is 6.83. The topological polar surface area (TPSA) is 59.2 Å². The molecule has 2 aromatic heterocycles. The van der Waals surface area contributed by atoms with Gasteiger partial charge in [0, 0.05) is 11.9 Å². The highest BCUT2D eigenvalue weighted by atomic mass is 32.1. The van der Waals surface area contributed by atoms with E-state index in [1.54, 1.807) is 6.92 Å². The molecule has 6 heteroatoms. The van der Waals surface area contributed by atoms with Crippen molar-refractivity contribution in [2.24, 2.45) is 0 Å². The van der Waals surface area contributed by atoms with Crippen LogP contribution in [0.2, 0.25) is 0 Å². The molecule has 0 aliphatic carbocycles. The molecule has 1 amide bonds. The van der Waals surface area contributed by atoms with Crippen molar-refractivity contribution in [2.75, 3.05) is 6.54 Å². The summed E-state index contributed by atoms with van der Waals surface area (Å²) in [5.74, 6) is 1.21. The van der Waals surface area contributed by atoms with Crippen molar-refractivity contribution in [3.63, 3.8) is 0 Å². The van der Waals surface area contributed by atoms with Gasteiger partial charge in [0.15, 0.2) is 5.82 Å². The number of aromatic nitrogens is 2. The van der Waals surface area contributed by atoms with Gasteiger partial charge >= 0.3 is 0 Å². The van der Waals surface area contributed by atoms with Gasteiger partial charge < -0.3 is 9.42 Å². The molecule has 3 heterocycles. The summed E-state index contributed by atoms with van der Waals surface area (Å²) in [6, 6.07) is 1.78. The highest BCUT2D eigenvalue weighted by molar-refractivity contribution is 7.08.